The van der Waals surface area contributed by atoms with E-state index in [0.29, 0.717) is 24.4 Å². The topological polar surface area (TPSA) is 51.9 Å². The van der Waals surface area contributed by atoms with Gasteiger partial charge in [-0.3, -0.25) is 4.79 Å². The van der Waals surface area contributed by atoms with Crippen LogP contribution in [0, 0.1) is 0 Å². The highest BCUT2D eigenvalue weighted by Crippen LogP contribution is 2.33. The van der Waals surface area contributed by atoms with E-state index in [0.717, 1.165) is 36.3 Å². The van der Waals surface area contributed by atoms with E-state index in [1.165, 1.54) is 5.56 Å². The number of carbonyl (C=O) groups excluding carboxylic acids is 1. The lowest BCUT2D eigenvalue weighted by molar-refractivity contribution is 0.0717. The summed E-state index contributed by atoms with van der Waals surface area (Å²) >= 11 is 0. The molecule has 0 unspecified atom stereocenters. The average Bonchev–Trinajstić information content (AvgIpc) is 3.43. The maximum Gasteiger partial charge on any atom is 0.254 e. The molecule has 5 nitrogen and oxygen atoms in total. The molecule has 29 heavy (non-hydrogen) atoms. The highest BCUT2D eigenvalue weighted by Gasteiger charge is 2.20. The molecule has 1 aliphatic rings. The monoisotopic (exact) mass is 391 g/mol. The Hall–Kier alpha value is -3.21. The zero-order valence-corrected chi connectivity index (χ0v) is 16.6. The van der Waals surface area contributed by atoms with Crippen LogP contribution in [0.3, 0.4) is 0 Å². The second-order valence-electron chi connectivity index (χ2n) is 7.23. The first-order chi connectivity index (χ1) is 14.2. The zero-order chi connectivity index (χ0) is 20.1. The molecule has 0 radical (unpaired) electrons. The fourth-order valence-electron chi connectivity index (χ4n) is 3.43. The van der Waals surface area contributed by atoms with Crippen LogP contribution in [0.25, 0.3) is 0 Å². The Morgan fingerprint density at radius 3 is 2.52 bits per heavy atom. The molecule has 2 heterocycles. The molecule has 0 atom stereocenters. The summed E-state index contributed by atoms with van der Waals surface area (Å²) in [6.07, 6.45) is 4.98. The van der Waals surface area contributed by atoms with E-state index in [1.54, 1.807) is 11.2 Å². The van der Waals surface area contributed by atoms with E-state index in [4.69, 9.17) is 13.9 Å². The third kappa shape index (κ3) is 4.62. The van der Waals surface area contributed by atoms with Gasteiger partial charge < -0.3 is 18.8 Å². The van der Waals surface area contributed by atoms with Gasteiger partial charge in [0.1, 0.15) is 5.76 Å². The average molecular weight is 391 g/mol. The van der Waals surface area contributed by atoms with E-state index >= 15 is 0 Å². The Balaban J connectivity index is 1.54. The van der Waals surface area contributed by atoms with Crippen molar-refractivity contribution in [3.63, 3.8) is 0 Å². The first-order valence-electron chi connectivity index (χ1n) is 10.0. The van der Waals surface area contributed by atoms with E-state index in [1.807, 2.05) is 42.5 Å². The van der Waals surface area contributed by atoms with Crippen LogP contribution in [0.1, 0.15) is 47.0 Å². The van der Waals surface area contributed by atoms with E-state index in [-0.39, 0.29) is 12.7 Å². The van der Waals surface area contributed by atoms with Gasteiger partial charge in [0, 0.05) is 12.1 Å². The van der Waals surface area contributed by atoms with Crippen molar-refractivity contribution in [2.24, 2.45) is 0 Å². The molecule has 0 N–H and O–H groups in total. The fraction of sp³-hybridized carbons (Fsp3) is 0.292. The lowest BCUT2D eigenvalue weighted by atomic mass is 10.1. The normalized spacial score (nSPS) is 12.2. The number of carbonyl (C=O) groups is 1. The van der Waals surface area contributed by atoms with Crippen LogP contribution in [-0.4, -0.2) is 17.6 Å². The molecule has 0 saturated heterocycles. The van der Waals surface area contributed by atoms with Gasteiger partial charge in [0.2, 0.25) is 6.79 Å². The largest absolute Gasteiger partial charge is 0.467 e. The third-order valence-corrected chi connectivity index (χ3v) is 5.04. The summed E-state index contributed by atoms with van der Waals surface area (Å²) in [6.45, 7) is 3.27. The summed E-state index contributed by atoms with van der Waals surface area (Å²) in [4.78, 5) is 15.1. The van der Waals surface area contributed by atoms with Crippen LogP contribution in [-0.2, 0) is 19.5 Å². The summed E-state index contributed by atoms with van der Waals surface area (Å²) in [6, 6.07) is 17.4. The number of benzene rings is 2. The second-order valence-corrected chi connectivity index (χ2v) is 7.23. The fourth-order valence-corrected chi connectivity index (χ4v) is 3.43. The van der Waals surface area contributed by atoms with E-state index < -0.39 is 0 Å². The molecule has 1 aliphatic heterocycles. The third-order valence-electron chi connectivity index (χ3n) is 5.04. The van der Waals surface area contributed by atoms with Crippen molar-refractivity contribution in [3.8, 4) is 11.5 Å². The van der Waals surface area contributed by atoms with Crippen molar-refractivity contribution in [3.05, 3.63) is 83.3 Å². The maximum atomic E-state index is 13.3. The zero-order valence-electron chi connectivity index (χ0n) is 16.6. The van der Waals surface area contributed by atoms with Crippen molar-refractivity contribution < 1.29 is 18.7 Å². The molecule has 0 fully saturated rings. The predicted octanol–water partition coefficient (Wildman–Crippen LogP) is 5.19. The molecule has 0 aliphatic carbocycles. The van der Waals surface area contributed by atoms with Gasteiger partial charge in [-0.15, -0.1) is 0 Å². The van der Waals surface area contributed by atoms with Crippen molar-refractivity contribution in [2.75, 3.05) is 6.79 Å². The number of furan rings is 1. The summed E-state index contributed by atoms with van der Waals surface area (Å²) in [5.41, 5.74) is 2.92. The molecule has 4 rings (SSSR count). The van der Waals surface area contributed by atoms with Crippen molar-refractivity contribution in [1.29, 1.82) is 0 Å². The Morgan fingerprint density at radius 1 is 0.966 bits per heavy atom. The predicted molar refractivity (Wildman–Crippen MR) is 110 cm³/mol. The summed E-state index contributed by atoms with van der Waals surface area (Å²) in [7, 11) is 0. The van der Waals surface area contributed by atoms with Crippen LogP contribution in [0.5, 0.6) is 11.5 Å². The Morgan fingerprint density at radius 2 is 1.76 bits per heavy atom. The van der Waals surface area contributed by atoms with Crippen LogP contribution in [0.4, 0.5) is 0 Å². The van der Waals surface area contributed by atoms with Gasteiger partial charge in [-0.1, -0.05) is 31.5 Å². The number of aryl methyl sites for hydroxylation is 1. The SMILES string of the molecule is CCCCc1ccc(C(=O)N(Cc2ccc3c(c2)OCO3)Cc2ccco2)cc1. The van der Waals surface area contributed by atoms with Crippen molar-refractivity contribution in [1.82, 2.24) is 4.90 Å². The van der Waals surface area contributed by atoms with Gasteiger partial charge in [0.05, 0.1) is 12.8 Å². The standard InChI is InChI=1S/C24H25NO4/c1-2-3-5-18-7-10-20(11-8-18)24(26)25(16-21-6-4-13-27-21)15-19-9-12-22-23(14-19)29-17-28-22/h4,6-14H,2-3,5,15-17H2,1H3. The number of fused-ring (bicyclic) bond motifs is 1. The van der Waals surface area contributed by atoms with Crippen molar-refractivity contribution in [2.45, 2.75) is 39.3 Å². The molecule has 5 heteroatoms. The lowest BCUT2D eigenvalue weighted by Gasteiger charge is -2.22. The molecule has 0 bridgehead atoms. The minimum Gasteiger partial charge on any atom is -0.467 e. The minimum absolute atomic E-state index is 0.0268. The molecule has 2 aromatic carbocycles. The van der Waals surface area contributed by atoms with Crippen molar-refractivity contribution >= 4 is 5.91 Å². The number of nitrogens with zero attached hydrogens (tertiary/aromatic N) is 1. The molecule has 1 amide bonds. The van der Waals surface area contributed by atoms with Gasteiger partial charge in [-0.25, -0.2) is 0 Å². The van der Waals surface area contributed by atoms with E-state index in [2.05, 4.69) is 19.1 Å². The summed E-state index contributed by atoms with van der Waals surface area (Å²) in [5.74, 6) is 2.17. The number of hydrogen-bond acceptors (Lipinski definition) is 4. The molecular formula is C24H25NO4. The summed E-state index contributed by atoms with van der Waals surface area (Å²) < 4.78 is 16.3. The highest BCUT2D eigenvalue weighted by atomic mass is 16.7. The van der Waals surface area contributed by atoms with Crippen LogP contribution < -0.4 is 9.47 Å². The Kier molecular flexibility index (Phi) is 5.84. The van der Waals surface area contributed by atoms with Crippen LogP contribution in [0.15, 0.2) is 65.3 Å². The second kappa shape index (κ2) is 8.86. The lowest BCUT2D eigenvalue weighted by Crippen LogP contribution is -2.30. The van der Waals surface area contributed by atoms with Gasteiger partial charge in [0.25, 0.3) is 5.91 Å². The molecular weight excluding hydrogens is 366 g/mol. The smallest absolute Gasteiger partial charge is 0.254 e. The van der Waals surface area contributed by atoms with Gasteiger partial charge in [0.15, 0.2) is 11.5 Å². The number of unbranched alkanes of at least 4 members (excludes halogenated alkanes) is 1. The number of ether oxygens (including phenoxy) is 2. The van der Waals surface area contributed by atoms with Crippen LogP contribution >= 0.6 is 0 Å². The first-order valence-corrected chi connectivity index (χ1v) is 10.0. The minimum atomic E-state index is -0.0268. The Bertz CT molecular complexity index is 948. The Labute approximate surface area is 170 Å². The quantitative estimate of drug-likeness (QED) is 0.530. The van der Waals surface area contributed by atoms with E-state index in [9.17, 15) is 4.79 Å². The highest BCUT2D eigenvalue weighted by molar-refractivity contribution is 5.94. The number of amides is 1. The number of rotatable bonds is 8. The molecule has 1 aromatic heterocycles. The first kappa shape index (κ1) is 19.1. The van der Waals surface area contributed by atoms with Gasteiger partial charge in [-0.2, -0.15) is 0 Å². The molecule has 0 saturated carbocycles. The molecule has 3 aromatic rings. The van der Waals surface area contributed by atoms with Gasteiger partial charge in [-0.05, 0) is 60.4 Å². The molecule has 0 spiro atoms. The van der Waals surface area contributed by atoms with Gasteiger partial charge >= 0.3 is 0 Å². The molecule has 150 valence electrons. The number of hydrogen-bond donors (Lipinski definition) is 0. The maximum absolute atomic E-state index is 13.3. The van der Waals surface area contributed by atoms with Crippen LogP contribution in [0.2, 0.25) is 0 Å². The summed E-state index contributed by atoms with van der Waals surface area (Å²) in [5, 5.41) is 0.